The molecule has 1 amide bonds. The first-order valence-corrected chi connectivity index (χ1v) is 11.3. The molecule has 0 N–H and O–H groups in total. The van der Waals surface area contributed by atoms with Crippen molar-refractivity contribution in [3.8, 4) is 28.5 Å². The molecule has 1 aromatic heterocycles. The number of oxazole rings is 1. The lowest BCUT2D eigenvalue weighted by Crippen LogP contribution is -2.39. The van der Waals surface area contributed by atoms with E-state index in [1.165, 1.54) is 0 Å². The summed E-state index contributed by atoms with van der Waals surface area (Å²) in [4.78, 5) is 30.5. The van der Waals surface area contributed by atoms with Gasteiger partial charge >= 0.3 is 0 Å². The maximum atomic E-state index is 12.6. The Labute approximate surface area is 195 Å². The average Bonchev–Trinajstić information content (AvgIpc) is 3.30. The lowest BCUT2D eigenvalue weighted by Gasteiger charge is -2.30. The summed E-state index contributed by atoms with van der Waals surface area (Å²) >= 11 is 0. The van der Waals surface area contributed by atoms with Crippen molar-refractivity contribution in [2.45, 2.75) is 52.9 Å². The summed E-state index contributed by atoms with van der Waals surface area (Å²) in [6.45, 7) is 10.6. The molecular formula is C27H32N2O4. The summed E-state index contributed by atoms with van der Waals surface area (Å²) in [7, 11) is 1.62. The summed E-state index contributed by atoms with van der Waals surface area (Å²) in [5, 5.41) is 0. The van der Waals surface area contributed by atoms with Crippen LogP contribution in [0.4, 0.5) is 5.69 Å². The monoisotopic (exact) mass is 448 g/mol. The van der Waals surface area contributed by atoms with Crippen LogP contribution in [0.2, 0.25) is 0 Å². The quantitative estimate of drug-likeness (QED) is 0.455. The van der Waals surface area contributed by atoms with Crippen LogP contribution in [0.5, 0.6) is 5.75 Å². The first kappa shape index (κ1) is 24.2. The fourth-order valence-electron chi connectivity index (χ4n) is 3.83. The number of carbonyl (C=O) groups is 2. The number of amides is 1. The van der Waals surface area contributed by atoms with Crippen molar-refractivity contribution in [2.24, 2.45) is 0 Å². The van der Waals surface area contributed by atoms with Crippen molar-refractivity contribution in [3.05, 3.63) is 54.2 Å². The second-order valence-corrected chi connectivity index (χ2v) is 8.73. The zero-order chi connectivity index (χ0) is 24.2. The Hall–Kier alpha value is -3.41. The Balaban J connectivity index is 0.00000149. The molecule has 1 saturated heterocycles. The maximum Gasteiger partial charge on any atom is 0.234 e. The Bertz CT molecular complexity index is 1130. The highest BCUT2D eigenvalue weighted by Crippen LogP contribution is 2.43. The molecule has 0 atom stereocenters. The van der Waals surface area contributed by atoms with E-state index < -0.39 is 0 Å². The molecule has 0 spiro atoms. The van der Waals surface area contributed by atoms with Crippen LogP contribution in [-0.2, 0) is 15.0 Å². The molecule has 0 bridgehead atoms. The largest absolute Gasteiger partial charge is 0.496 e. The molecule has 0 saturated carbocycles. The molecule has 2 aromatic carbocycles. The van der Waals surface area contributed by atoms with Gasteiger partial charge in [0.1, 0.15) is 11.5 Å². The Morgan fingerprint density at radius 3 is 2.36 bits per heavy atom. The second kappa shape index (κ2) is 10.0. The van der Waals surface area contributed by atoms with Crippen molar-refractivity contribution in [1.82, 2.24) is 4.98 Å². The van der Waals surface area contributed by atoms with E-state index in [-0.39, 0.29) is 23.5 Å². The molecular weight excluding hydrogens is 416 g/mol. The van der Waals surface area contributed by atoms with E-state index in [2.05, 4.69) is 25.8 Å². The SMILES string of the molecule is CC.COc1c(-c2ncc(-c3ccccc3)o2)cc(N2CCC(=O)CC2=O)cc1C(C)(C)C. The highest BCUT2D eigenvalue weighted by atomic mass is 16.5. The number of ketones is 1. The van der Waals surface area contributed by atoms with Gasteiger partial charge in [-0.1, -0.05) is 65.0 Å². The number of hydrogen-bond donors (Lipinski definition) is 0. The van der Waals surface area contributed by atoms with Gasteiger partial charge in [0.25, 0.3) is 0 Å². The first-order chi connectivity index (χ1) is 15.8. The van der Waals surface area contributed by atoms with E-state index in [0.717, 1.165) is 16.8 Å². The number of nitrogens with zero attached hydrogens (tertiary/aromatic N) is 2. The minimum absolute atomic E-state index is 0.0220. The van der Waals surface area contributed by atoms with Gasteiger partial charge in [-0.05, 0) is 17.5 Å². The van der Waals surface area contributed by atoms with Crippen LogP contribution >= 0.6 is 0 Å². The minimum atomic E-state index is -0.250. The van der Waals surface area contributed by atoms with Gasteiger partial charge in [0.15, 0.2) is 5.76 Å². The molecule has 0 unspecified atom stereocenters. The molecule has 0 aliphatic carbocycles. The van der Waals surface area contributed by atoms with Crippen LogP contribution in [0.15, 0.2) is 53.1 Å². The van der Waals surface area contributed by atoms with E-state index in [0.29, 0.717) is 35.9 Å². The van der Waals surface area contributed by atoms with Crippen LogP contribution in [0, 0.1) is 0 Å². The number of hydrogen-bond acceptors (Lipinski definition) is 5. The van der Waals surface area contributed by atoms with Crippen LogP contribution < -0.4 is 9.64 Å². The van der Waals surface area contributed by atoms with E-state index in [1.807, 2.05) is 56.3 Å². The smallest absolute Gasteiger partial charge is 0.234 e. The number of rotatable bonds is 4. The van der Waals surface area contributed by atoms with Crippen molar-refractivity contribution in [3.63, 3.8) is 0 Å². The molecule has 33 heavy (non-hydrogen) atoms. The van der Waals surface area contributed by atoms with Crippen LogP contribution in [0.3, 0.4) is 0 Å². The lowest BCUT2D eigenvalue weighted by molar-refractivity contribution is -0.128. The van der Waals surface area contributed by atoms with Gasteiger partial charge in [-0.15, -0.1) is 0 Å². The lowest BCUT2D eigenvalue weighted by atomic mass is 9.84. The van der Waals surface area contributed by atoms with E-state index in [1.54, 1.807) is 18.2 Å². The summed E-state index contributed by atoms with van der Waals surface area (Å²) < 4.78 is 11.9. The van der Waals surface area contributed by atoms with Crippen LogP contribution in [0.1, 0.15) is 53.0 Å². The molecule has 1 fully saturated rings. The van der Waals surface area contributed by atoms with Crippen molar-refractivity contribution in [1.29, 1.82) is 0 Å². The van der Waals surface area contributed by atoms with Gasteiger partial charge in [-0.2, -0.15) is 0 Å². The standard InChI is InChI=1S/C25H26N2O4.C2H6/c1-25(2,3)20-13-17(27-11-10-18(28)14-22(27)29)12-19(23(20)30-4)24-26-15-21(31-24)16-8-6-5-7-9-16;1-2/h5-9,12-13,15H,10-11,14H2,1-4H3;1-2H3. The van der Waals surface area contributed by atoms with Gasteiger partial charge in [0.05, 0.1) is 25.3 Å². The fraction of sp³-hybridized carbons (Fsp3) is 0.370. The van der Waals surface area contributed by atoms with Gasteiger partial charge in [0, 0.05) is 29.8 Å². The predicted octanol–water partition coefficient (Wildman–Crippen LogP) is 6.04. The normalized spacial score (nSPS) is 14.1. The molecule has 1 aliphatic heterocycles. The molecule has 1 aliphatic rings. The Morgan fingerprint density at radius 2 is 1.76 bits per heavy atom. The predicted molar refractivity (Wildman–Crippen MR) is 131 cm³/mol. The van der Waals surface area contributed by atoms with Crippen molar-refractivity contribution in [2.75, 3.05) is 18.6 Å². The number of benzene rings is 2. The molecule has 6 nitrogen and oxygen atoms in total. The van der Waals surface area contributed by atoms with Crippen LogP contribution in [-0.4, -0.2) is 30.3 Å². The second-order valence-electron chi connectivity index (χ2n) is 8.73. The first-order valence-electron chi connectivity index (χ1n) is 11.3. The summed E-state index contributed by atoms with van der Waals surface area (Å²) in [5.41, 5.74) is 3.01. The fourth-order valence-corrected chi connectivity index (χ4v) is 3.83. The maximum absolute atomic E-state index is 12.6. The zero-order valence-electron chi connectivity index (χ0n) is 20.3. The number of piperidine rings is 1. The summed E-state index contributed by atoms with van der Waals surface area (Å²) in [6.07, 6.45) is 1.98. The van der Waals surface area contributed by atoms with E-state index in [9.17, 15) is 9.59 Å². The zero-order valence-corrected chi connectivity index (χ0v) is 20.3. The topological polar surface area (TPSA) is 72.6 Å². The molecule has 2 heterocycles. The summed E-state index contributed by atoms with van der Waals surface area (Å²) in [6, 6.07) is 13.6. The number of anilines is 1. The highest BCUT2D eigenvalue weighted by Gasteiger charge is 2.30. The number of ether oxygens (including phenoxy) is 1. The summed E-state index contributed by atoms with van der Waals surface area (Å²) in [5.74, 6) is 1.53. The molecule has 4 rings (SSSR count). The molecule has 3 aromatic rings. The number of aromatic nitrogens is 1. The third kappa shape index (κ3) is 5.16. The Morgan fingerprint density at radius 1 is 1.06 bits per heavy atom. The van der Waals surface area contributed by atoms with Gasteiger partial charge in [0.2, 0.25) is 11.8 Å². The minimum Gasteiger partial charge on any atom is -0.496 e. The number of methoxy groups -OCH3 is 1. The Kier molecular flexibility index (Phi) is 7.36. The van der Waals surface area contributed by atoms with Crippen molar-refractivity contribution >= 4 is 17.4 Å². The van der Waals surface area contributed by atoms with E-state index in [4.69, 9.17) is 9.15 Å². The highest BCUT2D eigenvalue weighted by molar-refractivity contribution is 6.08. The molecule has 6 heteroatoms. The van der Waals surface area contributed by atoms with Gasteiger partial charge in [-0.3, -0.25) is 9.59 Å². The van der Waals surface area contributed by atoms with Gasteiger partial charge in [-0.25, -0.2) is 4.98 Å². The average molecular weight is 449 g/mol. The van der Waals surface area contributed by atoms with Gasteiger partial charge < -0.3 is 14.1 Å². The van der Waals surface area contributed by atoms with E-state index >= 15 is 0 Å². The molecule has 0 radical (unpaired) electrons. The number of carbonyl (C=O) groups excluding carboxylic acids is 2. The molecule has 174 valence electrons. The van der Waals surface area contributed by atoms with Crippen LogP contribution in [0.25, 0.3) is 22.8 Å². The van der Waals surface area contributed by atoms with Crippen molar-refractivity contribution < 1.29 is 18.7 Å². The number of Topliss-reactive ketones (excluding diaryl/α,β-unsaturated/α-hetero) is 1. The third-order valence-corrected chi connectivity index (χ3v) is 5.46. The third-order valence-electron chi connectivity index (χ3n) is 5.46.